The van der Waals surface area contributed by atoms with Crippen molar-refractivity contribution in [3.8, 4) is 0 Å². The van der Waals surface area contributed by atoms with Crippen LogP contribution in [0.4, 0.5) is 17.5 Å². The SMILES string of the molecule is CNC(=O)Cc1ccc(Nc2nc(N3CC=C(c4ccc(Cl)cc4)CC3)nc3c2S(=O)(=O)CCC3)cc1. The Kier molecular flexibility index (Phi) is 7.17. The van der Waals surface area contributed by atoms with Gasteiger partial charge in [0.15, 0.2) is 15.7 Å². The summed E-state index contributed by atoms with van der Waals surface area (Å²) in [6.07, 6.45) is 4.38. The molecule has 0 unspecified atom stereocenters. The van der Waals surface area contributed by atoms with E-state index in [1.54, 1.807) is 7.05 Å². The van der Waals surface area contributed by atoms with Crippen LogP contribution < -0.4 is 15.5 Å². The smallest absolute Gasteiger partial charge is 0.227 e. The molecule has 3 heterocycles. The first kappa shape index (κ1) is 25.2. The number of rotatable bonds is 6. The monoisotopic (exact) mass is 537 g/mol. The van der Waals surface area contributed by atoms with Gasteiger partial charge in [-0.2, -0.15) is 4.98 Å². The maximum atomic E-state index is 13.0. The Morgan fingerprint density at radius 1 is 1.05 bits per heavy atom. The molecule has 1 amide bonds. The van der Waals surface area contributed by atoms with Crippen molar-refractivity contribution in [2.24, 2.45) is 0 Å². The van der Waals surface area contributed by atoms with E-state index in [1.807, 2.05) is 48.5 Å². The van der Waals surface area contributed by atoms with E-state index in [-0.39, 0.29) is 23.0 Å². The molecule has 8 nitrogen and oxygen atoms in total. The summed E-state index contributed by atoms with van der Waals surface area (Å²) < 4.78 is 26.0. The molecule has 2 aliphatic heterocycles. The van der Waals surface area contributed by atoms with Gasteiger partial charge in [-0.3, -0.25) is 4.79 Å². The number of aromatic nitrogens is 2. The van der Waals surface area contributed by atoms with Gasteiger partial charge in [0.05, 0.1) is 17.9 Å². The maximum Gasteiger partial charge on any atom is 0.227 e. The summed E-state index contributed by atoms with van der Waals surface area (Å²) in [5.41, 5.74) is 4.49. The van der Waals surface area contributed by atoms with Crippen LogP contribution >= 0.6 is 11.6 Å². The van der Waals surface area contributed by atoms with Crippen LogP contribution in [0, 0.1) is 0 Å². The summed E-state index contributed by atoms with van der Waals surface area (Å²) in [7, 11) is -1.90. The molecule has 37 heavy (non-hydrogen) atoms. The lowest BCUT2D eigenvalue weighted by Gasteiger charge is -2.29. The highest BCUT2D eigenvalue weighted by atomic mass is 35.5. The van der Waals surface area contributed by atoms with E-state index in [4.69, 9.17) is 21.6 Å². The van der Waals surface area contributed by atoms with Crippen molar-refractivity contribution in [1.29, 1.82) is 0 Å². The fourth-order valence-corrected chi connectivity index (χ4v) is 6.38. The van der Waals surface area contributed by atoms with Crippen LogP contribution in [0.1, 0.15) is 29.7 Å². The molecular formula is C27H28ClN5O3S. The molecule has 2 N–H and O–H groups in total. The van der Waals surface area contributed by atoms with Crippen molar-refractivity contribution in [1.82, 2.24) is 15.3 Å². The number of likely N-dealkylation sites (N-methyl/N-ethyl adjacent to an activating group) is 1. The average molecular weight is 538 g/mol. The minimum absolute atomic E-state index is 0.0730. The van der Waals surface area contributed by atoms with Crippen LogP contribution in [0.15, 0.2) is 59.5 Å². The van der Waals surface area contributed by atoms with E-state index in [0.717, 1.165) is 17.5 Å². The Morgan fingerprint density at radius 2 is 1.81 bits per heavy atom. The molecule has 5 rings (SSSR count). The second kappa shape index (κ2) is 10.5. The van der Waals surface area contributed by atoms with Crippen molar-refractivity contribution in [3.63, 3.8) is 0 Å². The van der Waals surface area contributed by atoms with Gasteiger partial charge >= 0.3 is 0 Å². The normalized spacial score (nSPS) is 16.5. The number of carbonyl (C=O) groups is 1. The number of halogens is 1. The predicted molar refractivity (Wildman–Crippen MR) is 146 cm³/mol. The highest BCUT2D eigenvalue weighted by Crippen LogP contribution is 2.34. The van der Waals surface area contributed by atoms with E-state index >= 15 is 0 Å². The number of nitrogens with zero attached hydrogens (tertiary/aromatic N) is 3. The van der Waals surface area contributed by atoms with Crippen molar-refractivity contribution < 1.29 is 13.2 Å². The van der Waals surface area contributed by atoms with Crippen molar-refractivity contribution in [3.05, 3.63) is 76.5 Å². The number of carbonyl (C=O) groups excluding carboxylic acids is 1. The van der Waals surface area contributed by atoms with Gasteiger partial charge in [0, 0.05) is 30.8 Å². The zero-order valence-corrected chi connectivity index (χ0v) is 22.1. The Morgan fingerprint density at radius 3 is 2.49 bits per heavy atom. The number of hydrogen-bond acceptors (Lipinski definition) is 7. The molecule has 2 aliphatic rings. The van der Waals surface area contributed by atoms with E-state index in [2.05, 4.69) is 21.6 Å². The zero-order chi connectivity index (χ0) is 26.0. The molecule has 0 aliphatic carbocycles. The summed E-state index contributed by atoms with van der Waals surface area (Å²) in [5, 5.41) is 6.54. The van der Waals surface area contributed by atoms with Crippen LogP contribution in [0.25, 0.3) is 5.57 Å². The highest BCUT2D eigenvalue weighted by Gasteiger charge is 2.31. The van der Waals surface area contributed by atoms with Gasteiger partial charge < -0.3 is 15.5 Å². The maximum absolute atomic E-state index is 13.0. The van der Waals surface area contributed by atoms with Crippen LogP contribution in [-0.2, 0) is 27.5 Å². The number of benzene rings is 2. The minimum atomic E-state index is -3.50. The molecule has 0 fully saturated rings. The first-order chi connectivity index (χ1) is 17.8. The Balaban J connectivity index is 1.43. The molecule has 0 atom stereocenters. The summed E-state index contributed by atoms with van der Waals surface area (Å²) in [6, 6.07) is 15.1. The predicted octanol–water partition coefficient (Wildman–Crippen LogP) is 4.18. The molecule has 0 spiro atoms. The van der Waals surface area contributed by atoms with Gasteiger partial charge in [0.25, 0.3) is 0 Å². The number of fused-ring (bicyclic) bond motifs is 1. The molecule has 10 heteroatoms. The fourth-order valence-electron chi connectivity index (χ4n) is 4.63. The van der Waals surface area contributed by atoms with E-state index < -0.39 is 9.84 Å². The van der Waals surface area contributed by atoms with Gasteiger partial charge in [-0.25, -0.2) is 13.4 Å². The standard InChI is InChI=1S/C27H28ClN5O3S/c1-29-24(34)17-18-4-10-22(11-5-18)30-26-25-23(3-2-16-37(25,35)36)31-27(32-26)33-14-12-20(13-15-33)19-6-8-21(28)9-7-19/h4-12H,2-3,13-17H2,1H3,(H,29,34)(H,30,31,32). The van der Waals surface area contributed by atoms with Crippen LogP contribution in [0.3, 0.4) is 0 Å². The molecule has 0 saturated carbocycles. The lowest BCUT2D eigenvalue weighted by Crippen LogP contribution is -2.31. The third kappa shape index (κ3) is 5.62. The number of hydrogen-bond donors (Lipinski definition) is 2. The van der Waals surface area contributed by atoms with Crippen LogP contribution in [0.5, 0.6) is 0 Å². The van der Waals surface area contributed by atoms with Gasteiger partial charge in [-0.1, -0.05) is 41.9 Å². The summed E-state index contributed by atoms with van der Waals surface area (Å²) in [6.45, 7) is 1.34. The number of sulfone groups is 1. The van der Waals surface area contributed by atoms with Crippen molar-refractivity contribution >= 4 is 50.4 Å². The average Bonchev–Trinajstić information content (AvgIpc) is 2.90. The summed E-state index contributed by atoms with van der Waals surface area (Å²) >= 11 is 6.03. The Bertz CT molecular complexity index is 1450. The highest BCUT2D eigenvalue weighted by molar-refractivity contribution is 7.91. The quantitative estimate of drug-likeness (QED) is 0.486. The third-order valence-electron chi connectivity index (χ3n) is 6.63. The molecule has 0 bridgehead atoms. The fraction of sp³-hybridized carbons (Fsp3) is 0.296. The number of nitrogens with one attached hydrogen (secondary N) is 2. The molecule has 2 aromatic carbocycles. The van der Waals surface area contributed by atoms with Gasteiger partial charge in [-0.05, 0) is 60.2 Å². The van der Waals surface area contributed by atoms with Gasteiger partial charge in [-0.15, -0.1) is 0 Å². The van der Waals surface area contributed by atoms with Crippen molar-refractivity contribution in [2.75, 3.05) is 36.1 Å². The first-order valence-corrected chi connectivity index (χ1v) is 14.3. The van der Waals surface area contributed by atoms with Crippen molar-refractivity contribution in [2.45, 2.75) is 30.6 Å². The largest absolute Gasteiger partial charge is 0.359 e. The van der Waals surface area contributed by atoms with Crippen LogP contribution in [-0.4, -0.2) is 50.2 Å². The number of amides is 1. The minimum Gasteiger partial charge on any atom is -0.359 e. The number of anilines is 3. The van der Waals surface area contributed by atoms with E-state index in [9.17, 15) is 13.2 Å². The second-order valence-corrected chi connectivity index (χ2v) is 11.7. The molecule has 192 valence electrons. The third-order valence-corrected chi connectivity index (χ3v) is 8.76. The van der Waals surface area contributed by atoms with Crippen LogP contribution in [0.2, 0.25) is 5.02 Å². The molecule has 0 radical (unpaired) electrons. The zero-order valence-electron chi connectivity index (χ0n) is 20.5. The first-order valence-electron chi connectivity index (χ1n) is 12.2. The number of aryl methyl sites for hydroxylation is 1. The second-order valence-electron chi connectivity index (χ2n) is 9.17. The topological polar surface area (TPSA) is 104 Å². The van der Waals surface area contributed by atoms with E-state index in [1.165, 1.54) is 5.57 Å². The molecule has 3 aromatic rings. The van der Waals surface area contributed by atoms with Gasteiger partial charge in [0.1, 0.15) is 4.90 Å². The molecule has 1 aromatic heterocycles. The Hall–Kier alpha value is -3.43. The summed E-state index contributed by atoms with van der Waals surface area (Å²) in [5.74, 6) is 0.822. The lowest BCUT2D eigenvalue weighted by atomic mass is 10.00. The Labute approximate surface area is 221 Å². The van der Waals surface area contributed by atoms with E-state index in [0.29, 0.717) is 54.1 Å². The molecule has 0 saturated heterocycles. The lowest BCUT2D eigenvalue weighted by molar-refractivity contribution is -0.119. The molecular weight excluding hydrogens is 510 g/mol. The van der Waals surface area contributed by atoms with Gasteiger partial charge in [0.2, 0.25) is 11.9 Å². The summed E-state index contributed by atoms with van der Waals surface area (Å²) in [4.78, 5) is 23.3.